The zero-order valence-corrected chi connectivity index (χ0v) is 23.5. The molecule has 0 spiro atoms. The number of aliphatic imine (C=N–C) groups is 1. The topological polar surface area (TPSA) is 111 Å². The molecule has 0 aliphatic rings. The molecule has 8 heteroatoms. The highest BCUT2D eigenvalue weighted by atomic mass is 31.2. The summed E-state index contributed by atoms with van der Waals surface area (Å²) in [6.45, 7) is 4.30. The molecule has 206 valence electrons. The van der Waals surface area contributed by atoms with Gasteiger partial charge >= 0.3 is 7.72 Å². The second kappa shape index (κ2) is 15.3. The summed E-state index contributed by atoms with van der Waals surface area (Å²) in [6, 6.07) is 27.6. The van der Waals surface area contributed by atoms with Crippen LogP contribution in [0.1, 0.15) is 37.8 Å². The number of para-hydroxylation sites is 1. The molecule has 0 aliphatic carbocycles. The molecule has 39 heavy (non-hydrogen) atoms. The summed E-state index contributed by atoms with van der Waals surface area (Å²) in [5.74, 6) is -0.0218. The zero-order chi connectivity index (χ0) is 28.1. The summed E-state index contributed by atoms with van der Waals surface area (Å²) in [5.41, 5.74) is 2.65. The Morgan fingerprint density at radius 1 is 0.846 bits per heavy atom. The van der Waals surface area contributed by atoms with Gasteiger partial charge < -0.3 is 10.6 Å². The number of benzene rings is 3. The maximum absolute atomic E-state index is 13.5. The molecule has 2 atom stereocenters. The number of amides is 2. The summed E-state index contributed by atoms with van der Waals surface area (Å²) in [6.07, 6.45) is 1.30. The minimum Gasteiger partial charge on any atom is -0.344 e. The normalized spacial score (nSPS) is 13.3. The molecule has 0 fully saturated rings. The third kappa shape index (κ3) is 11.1. The van der Waals surface area contributed by atoms with Crippen molar-refractivity contribution in [2.24, 2.45) is 16.8 Å². The lowest BCUT2D eigenvalue weighted by molar-refractivity contribution is -0.129. The number of hydrogen-bond acceptors (Lipinski definition) is 5. The van der Waals surface area contributed by atoms with E-state index in [1.54, 1.807) is 12.1 Å². The van der Waals surface area contributed by atoms with Gasteiger partial charge in [0.05, 0.1) is 12.5 Å². The SMILES string of the molecule is CC(C)C[C@H](NC(=O)C(CCc1ccccc1)C[P+](O)(O)C=NCc1ccccc1)C(=O)Nc1ccccc1. The fraction of sp³-hybridized carbons (Fsp3) is 0.323. The maximum Gasteiger partial charge on any atom is 0.311 e. The molecule has 7 nitrogen and oxygen atoms in total. The van der Waals surface area contributed by atoms with Crippen molar-refractivity contribution in [3.63, 3.8) is 0 Å². The third-order valence-corrected chi connectivity index (χ3v) is 7.76. The van der Waals surface area contributed by atoms with Gasteiger partial charge in [-0.3, -0.25) is 9.59 Å². The number of aryl methyl sites for hydroxylation is 1. The van der Waals surface area contributed by atoms with Gasteiger partial charge in [0.1, 0.15) is 12.2 Å². The maximum atomic E-state index is 13.5. The van der Waals surface area contributed by atoms with E-state index < -0.39 is 19.7 Å². The molecule has 0 saturated carbocycles. The summed E-state index contributed by atoms with van der Waals surface area (Å²) in [5, 5.41) is 5.78. The number of hydrogen-bond donors (Lipinski definition) is 4. The average molecular weight is 549 g/mol. The Bertz CT molecular complexity index is 1190. The van der Waals surface area contributed by atoms with E-state index >= 15 is 0 Å². The van der Waals surface area contributed by atoms with E-state index in [-0.39, 0.29) is 23.9 Å². The lowest BCUT2D eigenvalue weighted by Crippen LogP contribution is -2.47. The molecule has 3 aromatic rings. The molecule has 3 rings (SSSR count). The minimum atomic E-state index is -3.61. The highest BCUT2D eigenvalue weighted by Gasteiger charge is 2.39. The number of carbonyl (C=O) groups excluding carboxylic acids is 2. The van der Waals surface area contributed by atoms with Crippen LogP contribution < -0.4 is 10.6 Å². The Balaban J connectivity index is 1.73. The molecule has 0 radical (unpaired) electrons. The van der Waals surface area contributed by atoms with Crippen molar-refractivity contribution in [2.75, 3.05) is 11.5 Å². The van der Waals surface area contributed by atoms with Gasteiger partial charge in [0.25, 0.3) is 0 Å². The lowest BCUT2D eigenvalue weighted by atomic mass is 9.98. The monoisotopic (exact) mass is 548 g/mol. The van der Waals surface area contributed by atoms with E-state index in [0.717, 1.165) is 11.1 Å². The predicted molar refractivity (Wildman–Crippen MR) is 160 cm³/mol. The molecule has 4 N–H and O–H groups in total. The Hall–Kier alpha value is -3.38. The quantitative estimate of drug-likeness (QED) is 0.158. The van der Waals surface area contributed by atoms with Crippen LogP contribution in [0, 0.1) is 11.8 Å². The van der Waals surface area contributed by atoms with Crippen LogP contribution in [0.4, 0.5) is 5.69 Å². The standard InChI is InChI=1S/C31H38N3O4P/c1-24(2)20-29(31(36)33-28-16-10-5-11-17-28)34-30(35)27(19-18-25-12-6-3-7-13-25)22-39(37,38)23-32-21-26-14-8-4-9-15-26/h3-17,23-24,27,29,37-38H,18-22H2,1-2H3,(H-,33,34,35,36)/p+1/t27?,29-/m0/s1. The molecule has 0 aliphatic heterocycles. The minimum absolute atomic E-state index is 0.140. The van der Waals surface area contributed by atoms with Crippen LogP contribution in [-0.2, 0) is 22.6 Å². The van der Waals surface area contributed by atoms with E-state index in [0.29, 0.717) is 31.5 Å². The smallest absolute Gasteiger partial charge is 0.311 e. The van der Waals surface area contributed by atoms with Gasteiger partial charge in [0.2, 0.25) is 17.8 Å². The van der Waals surface area contributed by atoms with Gasteiger partial charge in [-0.05, 0) is 48.4 Å². The summed E-state index contributed by atoms with van der Waals surface area (Å²) < 4.78 is 0. The van der Waals surface area contributed by atoms with Gasteiger partial charge in [-0.15, -0.1) is 0 Å². The fourth-order valence-corrected chi connectivity index (χ4v) is 5.70. The van der Waals surface area contributed by atoms with Gasteiger partial charge in [-0.25, -0.2) is 14.8 Å². The predicted octanol–water partition coefficient (Wildman–Crippen LogP) is 5.47. The number of nitrogens with zero attached hydrogens (tertiary/aromatic N) is 1. The second-order valence-corrected chi connectivity index (χ2v) is 12.3. The largest absolute Gasteiger partial charge is 0.344 e. The second-order valence-electron chi connectivity index (χ2n) is 10.2. The molecule has 1 unspecified atom stereocenters. The Labute approximate surface area is 231 Å². The van der Waals surface area contributed by atoms with Crippen LogP contribution in [0.5, 0.6) is 0 Å². The average Bonchev–Trinajstić information content (AvgIpc) is 2.92. The van der Waals surface area contributed by atoms with Crippen molar-refractivity contribution in [3.8, 4) is 0 Å². The highest BCUT2D eigenvalue weighted by molar-refractivity contribution is 7.79. The fourth-order valence-electron chi connectivity index (χ4n) is 4.27. The number of rotatable bonds is 14. The van der Waals surface area contributed by atoms with Crippen LogP contribution in [0.15, 0.2) is 96.0 Å². The van der Waals surface area contributed by atoms with E-state index in [2.05, 4.69) is 15.6 Å². The number of carbonyl (C=O) groups is 2. The van der Waals surface area contributed by atoms with Crippen molar-refractivity contribution < 1.29 is 19.4 Å². The van der Waals surface area contributed by atoms with Crippen LogP contribution in [-0.4, -0.2) is 39.8 Å². The van der Waals surface area contributed by atoms with Crippen molar-refractivity contribution in [1.29, 1.82) is 0 Å². The van der Waals surface area contributed by atoms with E-state index in [4.69, 9.17) is 0 Å². The first kappa shape index (κ1) is 30.2. The summed E-state index contributed by atoms with van der Waals surface area (Å²) >= 11 is 0. The van der Waals surface area contributed by atoms with E-state index in [1.165, 1.54) is 5.96 Å². The molecule has 3 aromatic carbocycles. The molecular formula is C31H39N3O4P+. The van der Waals surface area contributed by atoms with E-state index in [9.17, 15) is 19.4 Å². The third-order valence-electron chi connectivity index (χ3n) is 6.25. The van der Waals surface area contributed by atoms with Crippen LogP contribution >= 0.6 is 7.72 Å². The number of nitrogens with one attached hydrogen (secondary N) is 2. The summed E-state index contributed by atoms with van der Waals surface area (Å²) in [4.78, 5) is 52.6. The summed E-state index contributed by atoms with van der Waals surface area (Å²) in [7, 11) is -3.61. The van der Waals surface area contributed by atoms with Crippen LogP contribution in [0.3, 0.4) is 0 Å². The van der Waals surface area contributed by atoms with Crippen LogP contribution in [0.2, 0.25) is 0 Å². The molecule has 2 amide bonds. The van der Waals surface area contributed by atoms with Crippen molar-refractivity contribution in [1.82, 2.24) is 5.32 Å². The van der Waals surface area contributed by atoms with Crippen molar-refractivity contribution in [3.05, 3.63) is 102 Å². The van der Waals surface area contributed by atoms with Gasteiger partial charge in [-0.2, -0.15) is 0 Å². The molecule has 0 saturated heterocycles. The van der Waals surface area contributed by atoms with Gasteiger partial charge in [0.15, 0.2) is 0 Å². The molecule has 0 bridgehead atoms. The lowest BCUT2D eigenvalue weighted by Gasteiger charge is -2.24. The molecule has 0 aromatic heterocycles. The van der Waals surface area contributed by atoms with Crippen molar-refractivity contribution >= 4 is 31.2 Å². The first-order chi connectivity index (χ1) is 18.7. The highest BCUT2D eigenvalue weighted by Crippen LogP contribution is 2.49. The molecular weight excluding hydrogens is 509 g/mol. The van der Waals surface area contributed by atoms with Gasteiger partial charge in [0, 0.05) is 5.69 Å². The molecule has 0 heterocycles. The van der Waals surface area contributed by atoms with E-state index in [1.807, 2.05) is 92.7 Å². The Morgan fingerprint density at radius 2 is 1.41 bits per heavy atom. The Kier molecular flexibility index (Phi) is 11.8. The first-order valence-electron chi connectivity index (χ1n) is 13.3. The van der Waals surface area contributed by atoms with Gasteiger partial charge in [-0.1, -0.05) is 92.7 Å². The Morgan fingerprint density at radius 3 is 2.00 bits per heavy atom. The van der Waals surface area contributed by atoms with Crippen molar-refractivity contribution in [2.45, 2.75) is 45.7 Å². The zero-order valence-electron chi connectivity index (χ0n) is 22.6. The number of anilines is 1. The first-order valence-corrected chi connectivity index (χ1v) is 15.2. The van der Waals surface area contributed by atoms with Crippen LogP contribution in [0.25, 0.3) is 0 Å².